The zero-order chi connectivity index (χ0) is 44.2. The number of hydrogen-bond donors (Lipinski definition) is 3. The van der Waals surface area contributed by atoms with Gasteiger partial charge in [0, 0.05) is 31.9 Å². The van der Waals surface area contributed by atoms with Crippen LogP contribution in [0.15, 0.2) is 0 Å². The Morgan fingerprint density at radius 3 is 1.17 bits per heavy atom. The lowest BCUT2D eigenvalue weighted by Gasteiger charge is -2.16. The highest BCUT2D eigenvalue weighted by Crippen LogP contribution is 2.20. The van der Waals surface area contributed by atoms with Gasteiger partial charge in [0.15, 0.2) is 0 Å². The molecule has 1 atom stereocenters. The van der Waals surface area contributed by atoms with Crippen molar-refractivity contribution in [2.75, 3.05) is 165 Å². The van der Waals surface area contributed by atoms with E-state index in [1.807, 2.05) is 27.7 Å². The first-order valence-corrected chi connectivity index (χ1v) is 21.9. The summed E-state index contributed by atoms with van der Waals surface area (Å²) in [6, 6.07) is 0. The summed E-state index contributed by atoms with van der Waals surface area (Å²) in [6.07, 6.45) is 0.893. The van der Waals surface area contributed by atoms with Gasteiger partial charge in [-0.1, -0.05) is 27.7 Å². The Morgan fingerprint density at radius 1 is 0.467 bits per heavy atom. The highest BCUT2D eigenvalue weighted by molar-refractivity contribution is 8.01. The minimum atomic E-state index is -1.04. The second-order valence-corrected chi connectivity index (χ2v) is 15.2. The van der Waals surface area contributed by atoms with Gasteiger partial charge in [-0.15, -0.1) is 11.8 Å². The lowest BCUT2D eigenvalue weighted by atomic mass is 10.1. The number of hydrogen-bond acceptors (Lipinski definition) is 17. The second kappa shape index (κ2) is 45.0. The van der Waals surface area contributed by atoms with Crippen LogP contribution >= 0.6 is 11.8 Å². The highest BCUT2D eigenvalue weighted by Gasteiger charge is 2.23. The van der Waals surface area contributed by atoms with E-state index in [1.165, 1.54) is 11.8 Å². The van der Waals surface area contributed by atoms with E-state index in [-0.39, 0.29) is 54.9 Å². The maximum atomic E-state index is 12.2. The predicted octanol–water partition coefficient (Wildman–Crippen LogP) is 1.76. The van der Waals surface area contributed by atoms with Crippen molar-refractivity contribution in [2.45, 2.75) is 63.9 Å². The van der Waals surface area contributed by atoms with E-state index in [9.17, 15) is 19.2 Å². The highest BCUT2D eigenvalue weighted by atomic mass is 32.2. The van der Waals surface area contributed by atoms with Gasteiger partial charge in [0.2, 0.25) is 11.8 Å². The number of thioether (sulfide) groups is 1. The van der Waals surface area contributed by atoms with Crippen molar-refractivity contribution in [3.63, 3.8) is 0 Å². The molecule has 0 aliphatic heterocycles. The molecule has 0 spiro atoms. The quantitative estimate of drug-likeness (QED) is 0.0585. The van der Waals surface area contributed by atoms with Crippen LogP contribution in [0.4, 0.5) is 0 Å². The second-order valence-electron chi connectivity index (χ2n) is 13.4. The number of amides is 2. The summed E-state index contributed by atoms with van der Waals surface area (Å²) >= 11 is 1.28. The molecular weight excluding hydrogens is 813 g/mol. The number of carboxylic acids is 1. The third kappa shape index (κ3) is 44.0. The Labute approximate surface area is 361 Å². The van der Waals surface area contributed by atoms with Crippen LogP contribution in [-0.4, -0.2) is 204 Å². The van der Waals surface area contributed by atoms with Crippen LogP contribution in [0.5, 0.6) is 0 Å². The Kier molecular flexibility index (Phi) is 43.5. The normalized spacial score (nSPS) is 12.0. The van der Waals surface area contributed by atoms with Crippen molar-refractivity contribution in [1.82, 2.24) is 10.6 Å². The third-order valence-corrected chi connectivity index (χ3v) is 8.80. The van der Waals surface area contributed by atoms with E-state index in [0.29, 0.717) is 165 Å². The SMILES string of the molecule is CC(C)SC(CC(=O)O)C(=O)NCCC(=O)NCOCCCOCCOCCOCCOCCOCCOCCOCCOCCOCCOCCOCCC(=O)C(C)C. The number of aliphatic carboxylic acids is 1. The van der Waals surface area contributed by atoms with E-state index in [4.69, 9.17) is 61.9 Å². The molecule has 0 bridgehead atoms. The summed E-state index contributed by atoms with van der Waals surface area (Å²) in [4.78, 5) is 46.7. The average Bonchev–Trinajstić information content (AvgIpc) is 3.20. The molecule has 0 fully saturated rings. The molecular formula is C40H76N2O17S. The minimum absolute atomic E-state index is 0.0486. The molecule has 0 rings (SSSR count). The van der Waals surface area contributed by atoms with Gasteiger partial charge >= 0.3 is 5.97 Å². The summed E-state index contributed by atoms with van der Waals surface area (Å²) in [5.74, 6) is -1.45. The number of ether oxygens (including phenoxy) is 12. The summed E-state index contributed by atoms with van der Waals surface area (Å²) in [6.45, 7) is 18.5. The van der Waals surface area contributed by atoms with Crippen LogP contribution in [-0.2, 0) is 76.0 Å². The Morgan fingerprint density at radius 2 is 0.817 bits per heavy atom. The summed E-state index contributed by atoms with van der Waals surface area (Å²) in [5, 5.41) is 13.6. The largest absolute Gasteiger partial charge is 0.481 e. The smallest absolute Gasteiger partial charge is 0.305 e. The van der Waals surface area contributed by atoms with E-state index in [1.54, 1.807) is 0 Å². The van der Waals surface area contributed by atoms with Crippen molar-refractivity contribution in [3.8, 4) is 0 Å². The van der Waals surface area contributed by atoms with Crippen molar-refractivity contribution in [2.24, 2.45) is 5.92 Å². The molecule has 0 saturated carbocycles. The van der Waals surface area contributed by atoms with Gasteiger partial charge in [-0.05, 0) is 11.7 Å². The van der Waals surface area contributed by atoms with Gasteiger partial charge in [0.1, 0.15) is 12.5 Å². The van der Waals surface area contributed by atoms with Crippen molar-refractivity contribution >= 4 is 35.3 Å². The summed E-state index contributed by atoms with van der Waals surface area (Å²) in [7, 11) is 0. The monoisotopic (exact) mass is 888 g/mol. The van der Waals surface area contributed by atoms with Gasteiger partial charge in [0.05, 0.1) is 157 Å². The fourth-order valence-corrected chi connectivity index (χ4v) is 5.52. The first-order valence-electron chi connectivity index (χ1n) is 21.0. The van der Waals surface area contributed by atoms with Crippen LogP contribution in [0.25, 0.3) is 0 Å². The number of nitrogens with one attached hydrogen (secondary N) is 2. The van der Waals surface area contributed by atoms with E-state index < -0.39 is 11.2 Å². The first kappa shape index (κ1) is 58.0. The molecule has 2 amide bonds. The lowest BCUT2D eigenvalue weighted by molar-refractivity contribution is -0.138. The maximum Gasteiger partial charge on any atom is 0.305 e. The van der Waals surface area contributed by atoms with Gasteiger partial charge in [-0.2, -0.15) is 0 Å². The maximum absolute atomic E-state index is 12.2. The number of Topliss-reactive ketones (excluding diaryl/α,β-unsaturated/α-hetero) is 1. The standard InChI is InChI=1S/C40H76N2O17S/c1-34(2)36(43)7-11-49-13-15-51-17-19-53-21-23-55-25-27-57-29-31-58-30-28-56-26-24-54-22-20-52-18-16-50-14-12-48-9-5-10-59-33-42-38(44)6-8-41-40(47)37(32-39(45)46)60-35(3)4/h34-35,37H,5-33H2,1-4H3,(H,41,47)(H,42,44)(H,45,46). The fourth-order valence-electron chi connectivity index (χ4n) is 4.42. The van der Waals surface area contributed by atoms with Crippen molar-refractivity contribution in [1.29, 1.82) is 0 Å². The van der Waals surface area contributed by atoms with E-state index in [2.05, 4.69) is 10.6 Å². The fraction of sp³-hybridized carbons (Fsp3) is 0.900. The molecule has 0 aliphatic carbocycles. The van der Waals surface area contributed by atoms with E-state index >= 15 is 0 Å². The molecule has 3 N–H and O–H groups in total. The molecule has 60 heavy (non-hydrogen) atoms. The molecule has 19 nitrogen and oxygen atoms in total. The molecule has 0 aliphatic rings. The zero-order valence-electron chi connectivity index (χ0n) is 36.6. The number of carbonyl (C=O) groups is 4. The Hall–Kier alpha value is -2.05. The molecule has 0 radical (unpaired) electrons. The van der Waals surface area contributed by atoms with Crippen LogP contribution in [0.3, 0.4) is 0 Å². The molecule has 0 aromatic carbocycles. The van der Waals surface area contributed by atoms with Gasteiger partial charge < -0.3 is 72.6 Å². The van der Waals surface area contributed by atoms with Crippen molar-refractivity contribution in [3.05, 3.63) is 0 Å². The zero-order valence-corrected chi connectivity index (χ0v) is 37.4. The molecule has 1 unspecified atom stereocenters. The molecule has 354 valence electrons. The number of carbonyl (C=O) groups excluding carboxylic acids is 3. The minimum Gasteiger partial charge on any atom is -0.481 e. The number of rotatable bonds is 48. The van der Waals surface area contributed by atoms with Crippen LogP contribution < -0.4 is 10.6 Å². The number of carboxylic acid groups (broad SMARTS) is 1. The molecule has 0 saturated heterocycles. The van der Waals surface area contributed by atoms with Crippen molar-refractivity contribution < 1.29 is 81.1 Å². The third-order valence-electron chi connectivity index (χ3n) is 7.55. The Balaban J connectivity index is 3.25. The van der Waals surface area contributed by atoms with Gasteiger partial charge in [0.25, 0.3) is 0 Å². The molecule has 0 aromatic heterocycles. The van der Waals surface area contributed by atoms with Crippen LogP contribution in [0.2, 0.25) is 0 Å². The molecule has 0 aromatic rings. The van der Waals surface area contributed by atoms with Crippen LogP contribution in [0.1, 0.15) is 53.4 Å². The number of ketones is 1. The van der Waals surface area contributed by atoms with Gasteiger partial charge in [-0.25, -0.2) is 0 Å². The lowest BCUT2D eigenvalue weighted by Crippen LogP contribution is -2.37. The Bertz CT molecular complexity index is 1020. The summed E-state index contributed by atoms with van der Waals surface area (Å²) < 4.78 is 65.5. The molecule has 0 heterocycles. The summed E-state index contributed by atoms with van der Waals surface area (Å²) in [5.41, 5.74) is 0. The van der Waals surface area contributed by atoms with Crippen LogP contribution in [0, 0.1) is 5.92 Å². The average molecular weight is 889 g/mol. The van der Waals surface area contributed by atoms with E-state index in [0.717, 1.165) is 0 Å². The predicted molar refractivity (Wildman–Crippen MR) is 223 cm³/mol. The first-order chi connectivity index (χ1) is 29.1. The van der Waals surface area contributed by atoms with Gasteiger partial charge in [-0.3, -0.25) is 19.2 Å². The molecule has 20 heteroatoms. The topological polar surface area (TPSA) is 223 Å².